The van der Waals surface area contributed by atoms with Gasteiger partial charge in [0.1, 0.15) is 0 Å². The molecule has 0 radical (unpaired) electrons. The summed E-state index contributed by atoms with van der Waals surface area (Å²) in [7, 11) is 3.68. The second-order valence-corrected chi connectivity index (χ2v) is 4.38. The van der Waals surface area contributed by atoms with Crippen LogP contribution in [-0.4, -0.2) is 54.6 Å². The highest BCUT2D eigenvalue weighted by Gasteiger charge is 2.18. The first-order valence-electron chi connectivity index (χ1n) is 6.02. The first kappa shape index (κ1) is 13.3. The lowest BCUT2D eigenvalue weighted by molar-refractivity contribution is -0.120. The summed E-state index contributed by atoms with van der Waals surface area (Å²) in [5.41, 5.74) is 2.43. The Morgan fingerprint density at radius 3 is 2.79 bits per heavy atom. The molecule has 2 rings (SSSR count). The summed E-state index contributed by atoms with van der Waals surface area (Å²) in [5, 5.41) is 2.81. The van der Waals surface area contributed by atoms with Crippen molar-refractivity contribution in [2.75, 3.05) is 49.0 Å². The lowest BCUT2D eigenvalue weighted by Crippen LogP contribution is -2.31. The summed E-state index contributed by atoms with van der Waals surface area (Å²) >= 11 is 0. The molecule has 1 aromatic rings. The average molecular weight is 266 g/mol. The molecule has 1 aliphatic heterocycles. The number of nitrogens with zero attached hydrogens (tertiary/aromatic N) is 5. The van der Waals surface area contributed by atoms with Gasteiger partial charge in [0.05, 0.1) is 0 Å². The van der Waals surface area contributed by atoms with Gasteiger partial charge >= 0.3 is 0 Å². The summed E-state index contributed by atoms with van der Waals surface area (Å²) < 4.78 is 0. The minimum Gasteiger partial charge on any atom is -0.354 e. The van der Waals surface area contributed by atoms with Gasteiger partial charge in [-0.05, 0) is 0 Å². The van der Waals surface area contributed by atoms with E-state index in [0.29, 0.717) is 43.9 Å². The van der Waals surface area contributed by atoms with Crippen molar-refractivity contribution in [3.05, 3.63) is 0 Å². The normalized spacial score (nSPS) is 15.7. The standard InChI is InChI=1S/C10H18N8O/c1-17(2)9-13-8(16-11)14-10(15-9)18-5-3-7(19)12-4-6-18/h3-6,11H2,1-2H3,(H,12,19)(H,13,14,15,16). The molecule has 0 saturated carbocycles. The van der Waals surface area contributed by atoms with Crippen LogP contribution >= 0.6 is 0 Å². The van der Waals surface area contributed by atoms with Crippen molar-refractivity contribution < 1.29 is 4.79 Å². The summed E-state index contributed by atoms with van der Waals surface area (Å²) in [6, 6.07) is 0. The molecule has 9 nitrogen and oxygen atoms in total. The van der Waals surface area contributed by atoms with E-state index in [-0.39, 0.29) is 5.91 Å². The maximum atomic E-state index is 11.3. The van der Waals surface area contributed by atoms with Gasteiger partial charge in [0.25, 0.3) is 0 Å². The summed E-state index contributed by atoms with van der Waals surface area (Å²) in [5.74, 6) is 6.74. The van der Waals surface area contributed by atoms with Gasteiger partial charge in [-0.3, -0.25) is 10.2 Å². The number of nitrogens with one attached hydrogen (secondary N) is 2. The fourth-order valence-electron chi connectivity index (χ4n) is 1.73. The van der Waals surface area contributed by atoms with Crippen molar-refractivity contribution in [2.45, 2.75) is 6.42 Å². The number of hydrogen-bond donors (Lipinski definition) is 3. The third-order valence-electron chi connectivity index (χ3n) is 2.74. The van der Waals surface area contributed by atoms with Crippen molar-refractivity contribution >= 4 is 23.8 Å². The van der Waals surface area contributed by atoms with Crippen LogP contribution in [0.4, 0.5) is 17.8 Å². The lowest BCUT2D eigenvalue weighted by Gasteiger charge is -2.21. The number of rotatable bonds is 3. The molecule has 0 aliphatic carbocycles. The molecule has 0 unspecified atom stereocenters. The SMILES string of the molecule is CN(C)c1nc(NN)nc(N2CCNC(=O)CC2)n1. The predicted molar refractivity (Wildman–Crippen MR) is 71.8 cm³/mol. The second kappa shape index (κ2) is 5.65. The lowest BCUT2D eigenvalue weighted by atomic mass is 10.4. The molecule has 1 saturated heterocycles. The van der Waals surface area contributed by atoms with Crippen molar-refractivity contribution in [3.8, 4) is 0 Å². The van der Waals surface area contributed by atoms with Crippen molar-refractivity contribution in [1.29, 1.82) is 0 Å². The van der Waals surface area contributed by atoms with E-state index < -0.39 is 0 Å². The number of nitrogens with two attached hydrogens (primary N) is 1. The highest BCUT2D eigenvalue weighted by atomic mass is 16.1. The van der Waals surface area contributed by atoms with Crippen LogP contribution in [0.15, 0.2) is 0 Å². The third-order valence-corrected chi connectivity index (χ3v) is 2.74. The molecule has 1 aliphatic rings. The summed E-state index contributed by atoms with van der Waals surface area (Å²) in [6.07, 6.45) is 0.425. The van der Waals surface area contributed by atoms with Crippen LogP contribution in [0.2, 0.25) is 0 Å². The molecule has 9 heteroatoms. The van der Waals surface area contributed by atoms with E-state index in [2.05, 4.69) is 25.7 Å². The zero-order valence-electron chi connectivity index (χ0n) is 11.1. The third kappa shape index (κ3) is 3.19. The molecule has 19 heavy (non-hydrogen) atoms. The highest BCUT2D eigenvalue weighted by Crippen LogP contribution is 2.15. The fourth-order valence-corrected chi connectivity index (χ4v) is 1.73. The molecule has 1 aromatic heterocycles. The van der Waals surface area contributed by atoms with Gasteiger partial charge in [0, 0.05) is 40.2 Å². The Morgan fingerprint density at radius 1 is 1.32 bits per heavy atom. The molecular formula is C10H18N8O. The topological polar surface area (TPSA) is 112 Å². The zero-order valence-corrected chi connectivity index (χ0v) is 11.1. The molecule has 104 valence electrons. The van der Waals surface area contributed by atoms with Gasteiger partial charge in [-0.2, -0.15) is 15.0 Å². The molecule has 0 aromatic carbocycles. The smallest absolute Gasteiger partial charge is 0.243 e. The Hall–Kier alpha value is -2.16. The van der Waals surface area contributed by atoms with E-state index in [1.807, 2.05) is 19.0 Å². The van der Waals surface area contributed by atoms with Crippen LogP contribution in [0.1, 0.15) is 6.42 Å². The van der Waals surface area contributed by atoms with Gasteiger partial charge in [-0.15, -0.1) is 0 Å². The second-order valence-electron chi connectivity index (χ2n) is 4.38. The van der Waals surface area contributed by atoms with Crippen LogP contribution in [0.3, 0.4) is 0 Å². The number of nitrogen functional groups attached to an aromatic ring is 1. The molecule has 0 spiro atoms. The van der Waals surface area contributed by atoms with Crippen LogP contribution in [0.5, 0.6) is 0 Å². The highest BCUT2D eigenvalue weighted by molar-refractivity contribution is 5.77. The van der Waals surface area contributed by atoms with Crippen molar-refractivity contribution in [1.82, 2.24) is 20.3 Å². The minimum atomic E-state index is 0.0431. The Bertz CT molecular complexity index is 463. The van der Waals surface area contributed by atoms with Crippen molar-refractivity contribution in [2.24, 2.45) is 5.84 Å². The molecule has 1 fully saturated rings. The average Bonchev–Trinajstić information content (AvgIpc) is 2.63. The van der Waals surface area contributed by atoms with E-state index >= 15 is 0 Å². The molecule has 2 heterocycles. The van der Waals surface area contributed by atoms with Crippen molar-refractivity contribution in [3.63, 3.8) is 0 Å². The Labute approximate surface area is 111 Å². The molecule has 1 amide bonds. The predicted octanol–water partition coefficient (Wildman–Crippen LogP) is -1.45. The number of hydrogen-bond acceptors (Lipinski definition) is 8. The monoisotopic (exact) mass is 266 g/mol. The minimum absolute atomic E-state index is 0.0431. The molecule has 0 atom stereocenters. The number of carbonyl (C=O) groups is 1. The molecule has 0 bridgehead atoms. The van der Waals surface area contributed by atoms with Gasteiger partial charge in [-0.1, -0.05) is 0 Å². The van der Waals surface area contributed by atoms with Crippen LogP contribution in [0, 0.1) is 0 Å². The number of aromatic nitrogens is 3. The zero-order chi connectivity index (χ0) is 13.8. The Morgan fingerprint density at radius 2 is 2.11 bits per heavy atom. The van der Waals surface area contributed by atoms with E-state index in [1.165, 1.54) is 0 Å². The van der Waals surface area contributed by atoms with E-state index in [9.17, 15) is 4.79 Å². The summed E-state index contributed by atoms with van der Waals surface area (Å²) in [6.45, 7) is 1.81. The number of carbonyl (C=O) groups excluding carboxylic acids is 1. The molecule has 4 N–H and O–H groups in total. The maximum Gasteiger partial charge on any atom is 0.243 e. The van der Waals surface area contributed by atoms with Crippen LogP contribution < -0.4 is 26.4 Å². The van der Waals surface area contributed by atoms with E-state index in [1.54, 1.807) is 4.90 Å². The van der Waals surface area contributed by atoms with Crippen LogP contribution in [0.25, 0.3) is 0 Å². The number of hydrazine groups is 1. The Balaban J connectivity index is 2.27. The van der Waals surface area contributed by atoms with Crippen LogP contribution in [-0.2, 0) is 4.79 Å². The maximum absolute atomic E-state index is 11.3. The number of amides is 1. The molecular weight excluding hydrogens is 248 g/mol. The van der Waals surface area contributed by atoms with Gasteiger partial charge in [0.15, 0.2) is 0 Å². The van der Waals surface area contributed by atoms with E-state index in [0.717, 1.165) is 0 Å². The Kier molecular flexibility index (Phi) is 3.95. The van der Waals surface area contributed by atoms with Gasteiger partial charge < -0.3 is 15.1 Å². The quantitative estimate of drug-likeness (QED) is 0.450. The first-order chi connectivity index (χ1) is 9.10. The fraction of sp³-hybridized carbons (Fsp3) is 0.600. The van der Waals surface area contributed by atoms with Gasteiger partial charge in [0.2, 0.25) is 23.8 Å². The summed E-state index contributed by atoms with van der Waals surface area (Å²) in [4.78, 5) is 27.8. The first-order valence-corrected chi connectivity index (χ1v) is 6.02. The van der Waals surface area contributed by atoms with Gasteiger partial charge in [-0.25, -0.2) is 5.84 Å². The largest absolute Gasteiger partial charge is 0.354 e. The number of anilines is 3. The van der Waals surface area contributed by atoms with E-state index in [4.69, 9.17) is 5.84 Å².